The van der Waals surface area contributed by atoms with Gasteiger partial charge in [0.25, 0.3) is 17.0 Å². The molecule has 1 amide bonds. The van der Waals surface area contributed by atoms with Gasteiger partial charge in [-0.25, -0.2) is 4.39 Å². The summed E-state index contributed by atoms with van der Waals surface area (Å²) in [6.45, 7) is 0. The molecule has 1 heterocycles. The number of halogens is 1. The van der Waals surface area contributed by atoms with Crippen molar-refractivity contribution in [1.29, 1.82) is 0 Å². The van der Waals surface area contributed by atoms with Crippen molar-refractivity contribution in [3.63, 3.8) is 0 Å². The third-order valence-electron chi connectivity index (χ3n) is 4.10. The van der Waals surface area contributed by atoms with Crippen molar-refractivity contribution in [3.05, 3.63) is 95.8 Å². The van der Waals surface area contributed by atoms with Gasteiger partial charge in [-0.2, -0.15) is 0 Å². The molecule has 0 bridgehead atoms. The molecule has 4 aromatic rings. The standard InChI is InChI=1S/C22H16FN3O2S/c23-19-13-17(24-20(27)16-9-5-2-6-10-16)11-12-18(19)21-25-26-22(28-21)29-14-15-7-3-1-4-8-15/h1-13H,14H2,(H,24,27). The van der Waals surface area contributed by atoms with Crippen molar-refractivity contribution >= 4 is 23.4 Å². The Balaban J connectivity index is 1.44. The summed E-state index contributed by atoms with van der Waals surface area (Å²) in [6.07, 6.45) is 0. The van der Waals surface area contributed by atoms with Gasteiger partial charge in [0.1, 0.15) is 5.82 Å². The van der Waals surface area contributed by atoms with E-state index in [0.717, 1.165) is 5.56 Å². The molecule has 0 unspecified atom stereocenters. The highest BCUT2D eigenvalue weighted by Gasteiger charge is 2.15. The molecule has 7 heteroatoms. The Morgan fingerprint density at radius 2 is 1.69 bits per heavy atom. The van der Waals surface area contributed by atoms with Crippen molar-refractivity contribution in [2.45, 2.75) is 11.0 Å². The number of aromatic nitrogens is 2. The second-order valence-corrected chi connectivity index (χ2v) is 7.09. The van der Waals surface area contributed by atoms with Gasteiger partial charge in [0, 0.05) is 17.0 Å². The maximum Gasteiger partial charge on any atom is 0.277 e. The number of hydrogen-bond donors (Lipinski definition) is 1. The second-order valence-electron chi connectivity index (χ2n) is 6.16. The summed E-state index contributed by atoms with van der Waals surface area (Å²) in [5, 5.41) is 10.9. The Kier molecular flexibility index (Phi) is 5.67. The topological polar surface area (TPSA) is 68.0 Å². The van der Waals surface area contributed by atoms with E-state index in [0.29, 0.717) is 22.2 Å². The lowest BCUT2D eigenvalue weighted by molar-refractivity contribution is 0.102. The Bertz CT molecular complexity index is 1120. The fraction of sp³-hybridized carbons (Fsp3) is 0.0455. The minimum absolute atomic E-state index is 0.0963. The molecule has 0 saturated carbocycles. The zero-order chi connectivity index (χ0) is 20.1. The first-order valence-electron chi connectivity index (χ1n) is 8.85. The first kappa shape index (κ1) is 18.9. The summed E-state index contributed by atoms with van der Waals surface area (Å²) >= 11 is 1.38. The molecule has 0 aliphatic carbocycles. The molecule has 0 aliphatic rings. The predicted molar refractivity (Wildman–Crippen MR) is 110 cm³/mol. The lowest BCUT2D eigenvalue weighted by Crippen LogP contribution is -2.11. The summed E-state index contributed by atoms with van der Waals surface area (Å²) in [4.78, 5) is 12.2. The molecule has 1 N–H and O–H groups in total. The SMILES string of the molecule is O=C(Nc1ccc(-c2nnc(SCc3ccccc3)o2)c(F)c1)c1ccccc1. The zero-order valence-corrected chi connectivity index (χ0v) is 16.0. The highest BCUT2D eigenvalue weighted by molar-refractivity contribution is 7.98. The van der Waals surface area contributed by atoms with Crippen LogP contribution in [0.3, 0.4) is 0 Å². The smallest absolute Gasteiger partial charge is 0.277 e. The minimum Gasteiger partial charge on any atom is -0.411 e. The molecule has 0 aliphatic heterocycles. The number of anilines is 1. The van der Waals surface area contributed by atoms with E-state index in [1.165, 1.54) is 23.9 Å². The van der Waals surface area contributed by atoms with Gasteiger partial charge in [0.15, 0.2) is 0 Å². The molecular formula is C22H16FN3O2S. The maximum absolute atomic E-state index is 14.6. The van der Waals surface area contributed by atoms with E-state index in [-0.39, 0.29) is 17.4 Å². The first-order chi connectivity index (χ1) is 14.2. The number of hydrogen-bond acceptors (Lipinski definition) is 5. The van der Waals surface area contributed by atoms with Crippen LogP contribution < -0.4 is 5.32 Å². The van der Waals surface area contributed by atoms with E-state index in [9.17, 15) is 9.18 Å². The molecule has 0 saturated heterocycles. The average Bonchev–Trinajstić information content (AvgIpc) is 3.22. The third-order valence-corrected chi connectivity index (χ3v) is 4.99. The van der Waals surface area contributed by atoms with Gasteiger partial charge in [-0.15, -0.1) is 10.2 Å². The molecular weight excluding hydrogens is 389 g/mol. The second kappa shape index (κ2) is 8.70. The van der Waals surface area contributed by atoms with Crippen molar-refractivity contribution < 1.29 is 13.6 Å². The van der Waals surface area contributed by atoms with Crippen LogP contribution in [0.15, 0.2) is 88.5 Å². The predicted octanol–water partition coefficient (Wildman–Crippen LogP) is 5.42. The molecule has 0 atom stereocenters. The normalized spacial score (nSPS) is 10.7. The van der Waals surface area contributed by atoms with Crippen LogP contribution in [-0.2, 0) is 5.75 Å². The van der Waals surface area contributed by atoms with Gasteiger partial charge >= 0.3 is 0 Å². The van der Waals surface area contributed by atoms with Crippen LogP contribution in [0.1, 0.15) is 15.9 Å². The van der Waals surface area contributed by atoms with Crippen molar-refractivity contribution in [3.8, 4) is 11.5 Å². The summed E-state index contributed by atoms with van der Waals surface area (Å²) in [6, 6.07) is 23.0. The molecule has 0 spiro atoms. The van der Waals surface area contributed by atoms with Crippen LogP contribution in [0.5, 0.6) is 0 Å². The molecule has 144 valence electrons. The maximum atomic E-state index is 14.6. The first-order valence-corrected chi connectivity index (χ1v) is 9.84. The largest absolute Gasteiger partial charge is 0.411 e. The number of benzene rings is 3. The number of carbonyl (C=O) groups excluding carboxylic acids is 1. The van der Waals surface area contributed by atoms with Crippen molar-refractivity contribution in [2.75, 3.05) is 5.32 Å². The van der Waals surface area contributed by atoms with Crippen LogP contribution in [-0.4, -0.2) is 16.1 Å². The van der Waals surface area contributed by atoms with Crippen LogP contribution >= 0.6 is 11.8 Å². The average molecular weight is 405 g/mol. The fourth-order valence-electron chi connectivity index (χ4n) is 2.66. The number of nitrogens with zero attached hydrogens (tertiary/aromatic N) is 2. The van der Waals surface area contributed by atoms with Gasteiger partial charge in [-0.3, -0.25) is 4.79 Å². The van der Waals surface area contributed by atoms with E-state index >= 15 is 0 Å². The molecule has 0 radical (unpaired) electrons. The lowest BCUT2D eigenvalue weighted by atomic mass is 10.1. The van der Waals surface area contributed by atoms with E-state index < -0.39 is 5.82 Å². The lowest BCUT2D eigenvalue weighted by Gasteiger charge is -2.06. The Hall–Kier alpha value is -3.45. The van der Waals surface area contributed by atoms with Gasteiger partial charge in [0.05, 0.1) is 5.56 Å². The van der Waals surface area contributed by atoms with Crippen molar-refractivity contribution in [2.24, 2.45) is 0 Å². The quantitative estimate of drug-likeness (QED) is 0.434. The number of nitrogens with one attached hydrogen (secondary N) is 1. The van der Waals surface area contributed by atoms with Gasteiger partial charge in [-0.1, -0.05) is 60.3 Å². The Labute approximate surface area is 171 Å². The Morgan fingerprint density at radius 1 is 0.966 bits per heavy atom. The number of carbonyl (C=O) groups is 1. The monoisotopic (exact) mass is 405 g/mol. The zero-order valence-electron chi connectivity index (χ0n) is 15.2. The van der Waals surface area contributed by atoms with Crippen molar-refractivity contribution in [1.82, 2.24) is 10.2 Å². The van der Waals surface area contributed by atoms with E-state index in [4.69, 9.17) is 4.42 Å². The van der Waals surface area contributed by atoms with Gasteiger partial charge in [-0.05, 0) is 35.9 Å². The van der Waals surface area contributed by atoms with Gasteiger partial charge < -0.3 is 9.73 Å². The van der Waals surface area contributed by atoms with Crippen LogP contribution in [0.4, 0.5) is 10.1 Å². The molecule has 3 aromatic carbocycles. The highest BCUT2D eigenvalue weighted by Crippen LogP contribution is 2.28. The number of rotatable bonds is 6. The molecule has 29 heavy (non-hydrogen) atoms. The van der Waals surface area contributed by atoms with Crippen LogP contribution in [0, 0.1) is 5.82 Å². The summed E-state index contributed by atoms with van der Waals surface area (Å²) in [5.41, 5.74) is 2.15. The summed E-state index contributed by atoms with van der Waals surface area (Å²) in [7, 11) is 0. The van der Waals surface area contributed by atoms with E-state index in [1.54, 1.807) is 30.3 Å². The molecule has 0 fully saturated rings. The minimum atomic E-state index is -0.556. The molecule has 1 aromatic heterocycles. The van der Waals surface area contributed by atoms with E-state index in [2.05, 4.69) is 15.5 Å². The summed E-state index contributed by atoms with van der Waals surface area (Å²) in [5.74, 6) is -0.0941. The third kappa shape index (κ3) is 4.70. The van der Waals surface area contributed by atoms with Crippen LogP contribution in [0.25, 0.3) is 11.5 Å². The summed E-state index contributed by atoms with van der Waals surface area (Å²) < 4.78 is 20.1. The fourth-order valence-corrected chi connectivity index (χ4v) is 3.37. The van der Waals surface area contributed by atoms with E-state index in [1.807, 2.05) is 36.4 Å². The van der Waals surface area contributed by atoms with Gasteiger partial charge in [0.2, 0.25) is 0 Å². The number of thioether (sulfide) groups is 1. The van der Waals surface area contributed by atoms with Crippen LogP contribution in [0.2, 0.25) is 0 Å². The molecule has 5 nitrogen and oxygen atoms in total. The number of amides is 1. The highest BCUT2D eigenvalue weighted by atomic mass is 32.2. The Morgan fingerprint density at radius 3 is 2.41 bits per heavy atom. The molecule has 4 rings (SSSR count).